The van der Waals surface area contributed by atoms with Gasteiger partial charge in [-0.1, -0.05) is 11.6 Å². The molecule has 19 heavy (non-hydrogen) atoms. The summed E-state index contributed by atoms with van der Waals surface area (Å²) in [7, 11) is 1.61. The molecular weight excluding hydrogens is 270 g/mol. The predicted molar refractivity (Wildman–Crippen MR) is 75.6 cm³/mol. The molecular formula is C12H18ClN3O3. The number of nitrogen functional groups attached to an aromatic ring is 1. The lowest BCUT2D eigenvalue weighted by Gasteiger charge is -2.13. The van der Waals surface area contributed by atoms with Crippen molar-refractivity contribution in [3.05, 3.63) is 22.7 Å². The van der Waals surface area contributed by atoms with Crippen LogP contribution in [0.4, 0.5) is 11.4 Å². The maximum Gasteiger partial charge on any atom is 0.250 e. The highest BCUT2D eigenvalue weighted by Crippen LogP contribution is 2.28. The lowest BCUT2D eigenvalue weighted by atomic mass is 10.1. The second-order valence-corrected chi connectivity index (χ2v) is 4.23. The Kier molecular flexibility index (Phi) is 6.41. The van der Waals surface area contributed by atoms with Crippen molar-refractivity contribution in [1.82, 2.24) is 0 Å². The van der Waals surface area contributed by atoms with Crippen molar-refractivity contribution in [2.75, 3.05) is 44.5 Å². The number of benzene rings is 1. The first kappa shape index (κ1) is 15.6. The van der Waals surface area contributed by atoms with Crippen molar-refractivity contribution in [3.8, 4) is 0 Å². The number of carbonyl (C=O) groups excluding carboxylic acids is 1. The molecule has 0 aromatic heterocycles. The fraction of sp³-hybridized carbons (Fsp3) is 0.417. The Labute approximate surface area is 117 Å². The van der Waals surface area contributed by atoms with E-state index in [2.05, 4.69) is 5.32 Å². The van der Waals surface area contributed by atoms with Crippen LogP contribution in [-0.2, 0) is 9.47 Å². The summed E-state index contributed by atoms with van der Waals surface area (Å²) in [6, 6.07) is 3.05. The van der Waals surface area contributed by atoms with Crippen molar-refractivity contribution in [2.24, 2.45) is 5.73 Å². The van der Waals surface area contributed by atoms with Crippen LogP contribution in [0.1, 0.15) is 10.4 Å². The van der Waals surface area contributed by atoms with Crippen molar-refractivity contribution in [3.63, 3.8) is 0 Å². The fourth-order valence-electron chi connectivity index (χ4n) is 1.49. The third kappa shape index (κ3) is 4.94. The van der Waals surface area contributed by atoms with Crippen LogP contribution in [-0.4, -0.2) is 39.4 Å². The van der Waals surface area contributed by atoms with Crippen LogP contribution in [0.15, 0.2) is 12.1 Å². The van der Waals surface area contributed by atoms with E-state index in [9.17, 15) is 4.79 Å². The first-order valence-electron chi connectivity index (χ1n) is 5.75. The Morgan fingerprint density at radius 3 is 2.74 bits per heavy atom. The summed E-state index contributed by atoms with van der Waals surface area (Å²) in [6.45, 7) is 2.00. The zero-order valence-corrected chi connectivity index (χ0v) is 11.5. The van der Waals surface area contributed by atoms with Crippen molar-refractivity contribution < 1.29 is 14.3 Å². The number of carbonyl (C=O) groups is 1. The van der Waals surface area contributed by atoms with Crippen LogP contribution in [0.25, 0.3) is 0 Å². The van der Waals surface area contributed by atoms with E-state index < -0.39 is 5.91 Å². The normalized spacial score (nSPS) is 10.4. The Bertz CT molecular complexity index is 440. The van der Waals surface area contributed by atoms with Gasteiger partial charge in [-0.2, -0.15) is 0 Å². The summed E-state index contributed by atoms with van der Waals surface area (Å²) in [5.74, 6) is -0.586. The minimum atomic E-state index is -0.586. The van der Waals surface area contributed by atoms with Gasteiger partial charge < -0.3 is 26.3 Å². The monoisotopic (exact) mass is 287 g/mol. The second-order valence-electron chi connectivity index (χ2n) is 3.82. The summed E-state index contributed by atoms with van der Waals surface area (Å²) < 4.78 is 10.1. The van der Waals surface area contributed by atoms with E-state index in [0.29, 0.717) is 42.8 Å². The zero-order valence-electron chi connectivity index (χ0n) is 10.7. The van der Waals surface area contributed by atoms with E-state index in [4.69, 9.17) is 32.5 Å². The number of hydrogen-bond acceptors (Lipinski definition) is 5. The van der Waals surface area contributed by atoms with E-state index >= 15 is 0 Å². The van der Waals surface area contributed by atoms with Gasteiger partial charge in [-0.3, -0.25) is 4.79 Å². The highest BCUT2D eigenvalue weighted by atomic mass is 35.5. The van der Waals surface area contributed by atoms with Gasteiger partial charge in [0, 0.05) is 19.3 Å². The summed E-state index contributed by atoms with van der Waals surface area (Å²) in [5.41, 5.74) is 12.0. The van der Waals surface area contributed by atoms with Crippen LogP contribution in [0.5, 0.6) is 0 Å². The van der Waals surface area contributed by atoms with Gasteiger partial charge in [0.1, 0.15) is 0 Å². The van der Waals surface area contributed by atoms with Crippen LogP contribution < -0.4 is 16.8 Å². The van der Waals surface area contributed by atoms with Crippen LogP contribution in [0.3, 0.4) is 0 Å². The molecule has 0 atom stereocenters. The van der Waals surface area contributed by atoms with Gasteiger partial charge in [0.25, 0.3) is 5.91 Å². The average Bonchev–Trinajstić information content (AvgIpc) is 2.34. The Hall–Kier alpha value is -1.50. The van der Waals surface area contributed by atoms with Gasteiger partial charge in [-0.05, 0) is 12.1 Å². The minimum absolute atomic E-state index is 0.266. The molecule has 0 aliphatic rings. The lowest BCUT2D eigenvalue weighted by molar-refractivity contribution is 0.0759. The van der Waals surface area contributed by atoms with E-state index in [1.807, 2.05) is 0 Å². The average molecular weight is 288 g/mol. The molecule has 0 fully saturated rings. The van der Waals surface area contributed by atoms with Crippen LogP contribution in [0.2, 0.25) is 5.02 Å². The molecule has 0 saturated carbocycles. The SMILES string of the molecule is COCCOCCNc1c(Cl)cc(N)cc1C(N)=O. The van der Waals surface area contributed by atoms with Gasteiger partial charge in [0.2, 0.25) is 0 Å². The van der Waals surface area contributed by atoms with E-state index in [1.165, 1.54) is 6.07 Å². The Morgan fingerprint density at radius 1 is 1.37 bits per heavy atom. The van der Waals surface area contributed by atoms with Gasteiger partial charge in [0.15, 0.2) is 0 Å². The summed E-state index contributed by atoms with van der Waals surface area (Å²) in [4.78, 5) is 11.3. The molecule has 106 valence electrons. The van der Waals surface area contributed by atoms with E-state index in [0.717, 1.165) is 0 Å². The van der Waals surface area contributed by atoms with Gasteiger partial charge >= 0.3 is 0 Å². The van der Waals surface area contributed by atoms with Gasteiger partial charge in [-0.15, -0.1) is 0 Å². The van der Waals surface area contributed by atoms with Crippen LogP contribution >= 0.6 is 11.6 Å². The smallest absolute Gasteiger partial charge is 0.250 e. The Morgan fingerprint density at radius 2 is 2.11 bits per heavy atom. The molecule has 0 radical (unpaired) electrons. The molecule has 0 heterocycles. The fourth-order valence-corrected chi connectivity index (χ4v) is 1.79. The minimum Gasteiger partial charge on any atom is -0.399 e. The van der Waals surface area contributed by atoms with Gasteiger partial charge in [0.05, 0.1) is 36.1 Å². The zero-order chi connectivity index (χ0) is 14.3. The number of anilines is 2. The molecule has 0 spiro atoms. The Balaban J connectivity index is 2.59. The molecule has 1 amide bonds. The highest BCUT2D eigenvalue weighted by molar-refractivity contribution is 6.34. The number of primary amides is 1. The summed E-state index contributed by atoms with van der Waals surface area (Å²) >= 11 is 6.03. The molecule has 7 heteroatoms. The molecule has 1 aromatic carbocycles. The molecule has 0 aliphatic heterocycles. The first-order chi connectivity index (χ1) is 9.06. The lowest BCUT2D eigenvalue weighted by Crippen LogP contribution is -2.18. The highest BCUT2D eigenvalue weighted by Gasteiger charge is 2.12. The molecule has 1 rings (SSSR count). The first-order valence-corrected chi connectivity index (χ1v) is 6.13. The van der Waals surface area contributed by atoms with Crippen molar-refractivity contribution in [2.45, 2.75) is 0 Å². The maximum absolute atomic E-state index is 11.3. The maximum atomic E-state index is 11.3. The number of methoxy groups -OCH3 is 1. The predicted octanol–water partition coefficient (Wildman–Crippen LogP) is 1.10. The molecule has 6 nitrogen and oxygen atoms in total. The molecule has 0 unspecified atom stereocenters. The molecule has 0 aliphatic carbocycles. The number of nitrogens with two attached hydrogens (primary N) is 2. The standard InChI is InChI=1S/C12H18ClN3O3/c1-18-4-5-19-3-2-16-11-9(12(15)17)6-8(14)7-10(11)13/h6-7,16H,2-5,14H2,1H3,(H2,15,17). The number of hydrogen-bond donors (Lipinski definition) is 3. The van der Waals surface area contributed by atoms with Crippen molar-refractivity contribution in [1.29, 1.82) is 0 Å². The van der Waals surface area contributed by atoms with Crippen LogP contribution in [0, 0.1) is 0 Å². The number of nitrogens with one attached hydrogen (secondary N) is 1. The second kappa shape index (κ2) is 7.83. The quantitative estimate of drug-likeness (QED) is 0.491. The topological polar surface area (TPSA) is 99.6 Å². The number of rotatable bonds is 8. The number of halogens is 1. The third-order valence-electron chi connectivity index (χ3n) is 2.36. The largest absolute Gasteiger partial charge is 0.399 e. The van der Waals surface area contributed by atoms with E-state index in [-0.39, 0.29) is 5.56 Å². The summed E-state index contributed by atoms with van der Waals surface area (Å²) in [6.07, 6.45) is 0. The van der Waals surface area contributed by atoms with E-state index in [1.54, 1.807) is 13.2 Å². The molecule has 1 aromatic rings. The third-order valence-corrected chi connectivity index (χ3v) is 2.66. The number of ether oxygens (including phenoxy) is 2. The molecule has 5 N–H and O–H groups in total. The van der Waals surface area contributed by atoms with Gasteiger partial charge in [-0.25, -0.2) is 0 Å². The summed E-state index contributed by atoms with van der Waals surface area (Å²) in [5, 5.41) is 3.37. The van der Waals surface area contributed by atoms with Crippen molar-refractivity contribution >= 4 is 28.9 Å². The molecule has 0 bridgehead atoms. The number of amides is 1. The molecule has 0 saturated heterocycles.